The summed E-state index contributed by atoms with van der Waals surface area (Å²) in [5.41, 5.74) is 21.3. The number of benzene rings is 5. The topological polar surface area (TPSA) is 55.3 Å². The number of hydrogen-bond donors (Lipinski definition) is 2. The third-order valence-corrected chi connectivity index (χ3v) is 5.73. The van der Waals surface area contributed by atoms with E-state index < -0.39 is 0 Å². The molecule has 0 aliphatic heterocycles. The molecule has 3 heteroatoms. The van der Waals surface area contributed by atoms with Crippen LogP contribution in [-0.4, -0.2) is 0 Å². The van der Waals surface area contributed by atoms with Gasteiger partial charge in [0.1, 0.15) is 0 Å². The number of rotatable bonds is 5. The molecule has 0 saturated heterocycles. The van der Waals surface area contributed by atoms with Crippen molar-refractivity contribution in [2.75, 3.05) is 16.4 Å². The summed E-state index contributed by atoms with van der Waals surface area (Å²) in [6.07, 6.45) is 0. The van der Waals surface area contributed by atoms with Crippen LogP contribution in [0.4, 0.5) is 28.4 Å². The minimum absolute atomic E-state index is 0.739. The first-order valence-corrected chi connectivity index (χ1v) is 11.0. The number of para-hydroxylation sites is 2. The fraction of sp³-hybridized carbons (Fsp3) is 0. The van der Waals surface area contributed by atoms with E-state index in [2.05, 4.69) is 83.8 Å². The maximum Gasteiger partial charge on any atom is 0.0462 e. The van der Waals surface area contributed by atoms with Crippen LogP contribution in [-0.2, 0) is 0 Å². The molecule has 4 N–H and O–H groups in total. The summed E-state index contributed by atoms with van der Waals surface area (Å²) in [6, 6.07) is 43.4. The van der Waals surface area contributed by atoms with Crippen molar-refractivity contribution in [2.45, 2.75) is 0 Å². The quantitative estimate of drug-likeness (QED) is 0.283. The monoisotopic (exact) mass is 427 g/mol. The predicted octanol–water partition coefficient (Wildman–Crippen LogP) is 7.65. The average molecular weight is 428 g/mol. The second-order valence-electron chi connectivity index (χ2n) is 7.98. The Kier molecular flexibility index (Phi) is 5.52. The van der Waals surface area contributed by atoms with Crippen LogP contribution in [0.15, 0.2) is 127 Å². The summed E-state index contributed by atoms with van der Waals surface area (Å²) in [5.74, 6) is 0. The van der Waals surface area contributed by atoms with Gasteiger partial charge in [0, 0.05) is 28.4 Å². The number of nitrogens with two attached hydrogens (primary N) is 2. The van der Waals surface area contributed by atoms with Crippen LogP contribution in [0.3, 0.4) is 0 Å². The molecule has 0 aromatic heterocycles. The summed E-state index contributed by atoms with van der Waals surface area (Å²) in [4.78, 5) is 2.25. The molecule has 0 unspecified atom stereocenters. The van der Waals surface area contributed by atoms with E-state index in [1.54, 1.807) is 0 Å². The molecule has 0 atom stereocenters. The largest absolute Gasteiger partial charge is 0.399 e. The van der Waals surface area contributed by atoms with E-state index in [9.17, 15) is 0 Å². The van der Waals surface area contributed by atoms with Gasteiger partial charge in [-0.1, -0.05) is 66.7 Å². The Morgan fingerprint density at radius 1 is 0.394 bits per heavy atom. The number of nitrogens with zero attached hydrogens (tertiary/aromatic N) is 1. The van der Waals surface area contributed by atoms with Gasteiger partial charge in [-0.25, -0.2) is 0 Å². The van der Waals surface area contributed by atoms with Crippen LogP contribution in [0.25, 0.3) is 22.3 Å². The molecule has 3 nitrogen and oxygen atoms in total. The zero-order valence-electron chi connectivity index (χ0n) is 18.2. The highest BCUT2D eigenvalue weighted by Crippen LogP contribution is 2.38. The Bertz CT molecular complexity index is 1300. The molecule has 33 heavy (non-hydrogen) atoms. The van der Waals surface area contributed by atoms with Crippen LogP contribution < -0.4 is 16.4 Å². The fourth-order valence-electron chi connectivity index (χ4n) is 4.11. The van der Waals surface area contributed by atoms with Gasteiger partial charge in [-0.2, -0.15) is 0 Å². The van der Waals surface area contributed by atoms with Crippen LogP contribution in [0.5, 0.6) is 0 Å². The number of nitrogen functional groups attached to an aromatic ring is 2. The lowest BCUT2D eigenvalue weighted by Gasteiger charge is -2.25. The third kappa shape index (κ3) is 4.30. The first-order valence-electron chi connectivity index (χ1n) is 11.0. The third-order valence-electron chi connectivity index (χ3n) is 5.73. The highest BCUT2D eigenvalue weighted by atomic mass is 15.1. The maximum absolute atomic E-state index is 6.17. The zero-order chi connectivity index (χ0) is 22.6. The molecule has 0 aliphatic rings. The number of anilines is 5. The molecule has 0 fully saturated rings. The smallest absolute Gasteiger partial charge is 0.0462 e. The first kappa shape index (κ1) is 20.4. The molecule has 0 heterocycles. The van der Waals surface area contributed by atoms with Crippen molar-refractivity contribution in [2.24, 2.45) is 0 Å². The Morgan fingerprint density at radius 3 is 1.42 bits per heavy atom. The van der Waals surface area contributed by atoms with Crippen molar-refractivity contribution in [3.8, 4) is 22.3 Å². The summed E-state index contributed by atoms with van der Waals surface area (Å²) in [7, 11) is 0. The highest BCUT2D eigenvalue weighted by Gasteiger charge is 2.13. The lowest BCUT2D eigenvalue weighted by atomic mass is 9.93. The van der Waals surface area contributed by atoms with Crippen LogP contribution in [0.1, 0.15) is 0 Å². The molecule has 0 aliphatic carbocycles. The van der Waals surface area contributed by atoms with Gasteiger partial charge in [0.05, 0.1) is 0 Å². The van der Waals surface area contributed by atoms with Gasteiger partial charge in [-0.15, -0.1) is 0 Å². The van der Waals surface area contributed by atoms with Gasteiger partial charge in [-0.3, -0.25) is 0 Å². The molecule has 0 saturated carbocycles. The molecule has 0 radical (unpaired) electrons. The Balaban J connectivity index is 1.57. The van der Waals surface area contributed by atoms with E-state index in [4.69, 9.17) is 11.5 Å². The standard InChI is InChI=1S/C30H25N3/c31-24-15-11-22(12-16-24)29-20-17-25(32)21-30(29)23-13-18-28(19-14-23)33(26-7-3-1-4-8-26)27-9-5-2-6-10-27/h1-21H,31-32H2. The summed E-state index contributed by atoms with van der Waals surface area (Å²) >= 11 is 0. The van der Waals surface area contributed by atoms with Crippen molar-refractivity contribution < 1.29 is 0 Å². The Hall–Kier alpha value is -4.50. The second kappa shape index (κ2) is 8.93. The van der Waals surface area contributed by atoms with Crippen molar-refractivity contribution >= 4 is 28.4 Å². The molecular weight excluding hydrogens is 402 g/mol. The molecule has 0 spiro atoms. The Morgan fingerprint density at radius 2 is 0.848 bits per heavy atom. The molecule has 0 amide bonds. The van der Waals surface area contributed by atoms with Crippen LogP contribution in [0, 0.1) is 0 Å². The average Bonchev–Trinajstić information content (AvgIpc) is 2.87. The minimum Gasteiger partial charge on any atom is -0.399 e. The molecule has 5 rings (SSSR count). The number of hydrogen-bond acceptors (Lipinski definition) is 3. The van der Waals surface area contributed by atoms with Gasteiger partial charge in [0.15, 0.2) is 0 Å². The molecule has 160 valence electrons. The van der Waals surface area contributed by atoms with Gasteiger partial charge in [-0.05, 0) is 82.9 Å². The van der Waals surface area contributed by atoms with Gasteiger partial charge in [0.2, 0.25) is 0 Å². The van der Waals surface area contributed by atoms with Crippen molar-refractivity contribution in [1.82, 2.24) is 0 Å². The van der Waals surface area contributed by atoms with Crippen LogP contribution in [0.2, 0.25) is 0 Å². The second-order valence-corrected chi connectivity index (χ2v) is 7.98. The minimum atomic E-state index is 0.739. The van der Waals surface area contributed by atoms with Crippen LogP contribution >= 0.6 is 0 Å². The van der Waals surface area contributed by atoms with E-state index in [1.807, 2.05) is 48.5 Å². The summed E-state index contributed by atoms with van der Waals surface area (Å²) in [6.45, 7) is 0. The summed E-state index contributed by atoms with van der Waals surface area (Å²) in [5, 5.41) is 0. The Labute approximate surface area is 194 Å². The highest BCUT2D eigenvalue weighted by molar-refractivity contribution is 5.87. The van der Waals surface area contributed by atoms with Gasteiger partial charge >= 0.3 is 0 Å². The first-order chi connectivity index (χ1) is 16.2. The molecular formula is C30H25N3. The van der Waals surface area contributed by atoms with Gasteiger partial charge < -0.3 is 16.4 Å². The lowest BCUT2D eigenvalue weighted by Crippen LogP contribution is -2.09. The van der Waals surface area contributed by atoms with E-state index in [0.29, 0.717) is 0 Å². The van der Waals surface area contributed by atoms with E-state index in [0.717, 1.165) is 50.7 Å². The zero-order valence-corrected chi connectivity index (χ0v) is 18.2. The van der Waals surface area contributed by atoms with Gasteiger partial charge in [0.25, 0.3) is 0 Å². The SMILES string of the molecule is Nc1ccc(-c2ccc(N)cc2-c2ccc(N(c3ccccc3)c3ccccc3)cc2)cc1. The lowest BCUT2D eigenvalue weighted by molar-refractivity contribution is 1.28. The fourth-order valence-corrected chi connectivity index (χ4v) is 4.11. The van der Waals surface area contributed by atoms with Crippen molar-refractivity contribution in [1.29, 1.82) is 0 Å². The molecule has 5 aromatic carbocycles. The van der Waals surface area contributed by atoms with E-state index >= 15 is 0 Å². The predicted molar refractivity (Wildman–Crippen MR) is 141 cm³/mol. The molecule has 5 aromatic rings. The normalized spacial score (nSPS) is 10.7. The van der Waals surface area contributed by atoms with E-state index in [-0.39, 0.29) is 0 Å². The van der Waals surface area contributed by atoms with Crippen molar-refractivity contribution in [3.05, 3.63) is 127 Å². The van der Waals surface area contributed by atoms with Crippen molar-refractivity contribution in [3.63, 3.8) is 0 Å². The summed E-state index contributed by atoms with van der Waals surface area (Å²) < 4.78 is 0. The van der Waals surface area contributed by atoms with E-state index in [1.165, 1.54) is 0 Å². The molecule has 0 bridgehead atoms. The maximum atomic E-state index is 6.17.